The molecule has 2 aromatic carbocycles. The van der Waals surface area contributed by atoms with Crippen molar-refractivity contribution >= 4 is 16.7 Å². The number of hydrogen-bond donors (Lipinski definition) is 1. The maximum Gasteiger partial charge on any atom is 0.451 e. The van der Waals surface area contributed by atoms with E-state index in [4.69, 9.17) is 0 Å². The predicted molar refractivity (Wildman–Crippen MR) is 117 cm³/mol. The first kappa shape index (κ1) is 20.8. The molecule has 31 heavy (non-hydrogen) atoms. The predicted octanol–water partition coefficient (Wildman–Crippen LogP) is 6.59. The highest BCUT2D eigenvalue weighted by atomic mass is 19.4. The summed E-state index contributed by atoms with van der Waals surface area (Å²) >= 11 is 0. The molecular formula is C24H21F3N4. The Morgan fingerprint density at radius 2 is 1.45 bits per heavy atom. The molecule has 4 nitrogen and oxygen atoms in total. The maximum absolute atomic E-state index is 13.3. The average molecular weight is 422 g/mol. The lowest BCUT2D eigenvalue weighted by Crippen LogP contribution is -2.27. The second-order valence-electron chi connectivity index (χ2n) is 8.32. The molecule has 0 unspecified atom stereocenters. The molecule has 2 heterocycles. The molecule has 0 radical (unpaired) electrons. The molecule has 0 fully saturated rings. The number of anilines is 1. The van der Waals surface area contributed by atoms with Gasteiger partial charge in [0.2, 0.25) is 5.82 Å². The topological polar surface area (TPSA) is 50.7 Å². The molecule has 0 atom stereocenters. The summed E-state index contributed by atoms with van der Waals surface area (Å²) in [5.74, 6) is -0.992. The van der Waals surface area contributed by atoms with Gasteiger partial charge in [0.25, 0.3) is 0 Å². The molecule has 1 N–H and O–H groups in total. The molecule has 0 saturated heterocycles. The van der Waals surface area contributed by atoms with E-state index in [0.717, 1.165) is 22.3 Å². The number of aromatic nitrogens is 3. The smallest absolute Gasteiger partial charge is 0.365 e. The molecule has 0 aliphatic carbocycles. The van der Waals surface area contributed by atoms with E-state index in [2.05, 4.69) is 20.3 Å². The number of pyridine rings is 1. The molecular weight excluding hydrogens is 401 g/mol. The summed E-state index contributed by atoms with van der Waals surface area (Å²) in [5, 5.41) is 3.63. The molecule has 0 aliphatic rings. The summed E-state index contributed by atoms with van der Waals surface area (Å²) in [6.07, 6.45) is -1.12. The number of alkyl halides is 3. The Morgan fingerprint density at radius 1 is 0.774 bits per heavy atom. The summed E-state index contributed by atoms with van der Waals surface area (Å²) in [6.45, 7) is 5.61. The van der Waals surface area contributed by atoms with Crippen LogP contribution >= 0.6 is 0 Å². The van der Waals surface area contributed by atoms with Gasteiger partial charge in [0, 0.05) is 28.9 Å². The molecule has 7 heteroatoms. The van der Waals surface area contributed by atoms with Crippen molar-refractivity contribution in [2.75, 3.05) is 5.32 Å². The van der Waals surface area contributed by atoms with E-state index in [1.54, 1.807) is 24.5 Å². The van der Waals surface area contributed by atoms with E-state index in [1.165, 1.54) is 0 Å². The van der Waals surface area contributed by atoms with Crippen LogP contribution in [0.3, 0.4) is 0 Å². The van der Waals surface area contributed by atoms with Crippen LogP contribution in [0, 0.1) is 0 Å². The van der Waals surface area contributed by atoms with Crippen LogP contribution in [0.4, 0.5) is 19.0 Å². The van der Waals surface area contributed by atoms with Crippen LogP contribution in [0.5, 0.6) is 0 Å². The molecule has 0 bridgehead atoms. The van der Waals surface area contributed by atoms with Gasteiger partial charge in [-0.2, -0.15) is 13.2 Å². The number of hydrogen-bond acceptors (Lipinski definition) is 4. The summed E-state index contributed by atoms with van der Waals surface area (Å²) in [7, 11) is 0. The lowest BCUT2D eigenvalue weighted by Gasteiger charge is -2.23. The van der Waals surface area contributed by atoms with Crippen LogP contribution in [0.2, 0.25) is 0 Å². The third-order valence-electron chi connectivity index (χ3n) is 4.63. The van der Waals surface area contributed by atoms with Crippen molar-refractivity contribution in [1.29, 1.82) is 0 Å². The van der Waals surface area contributed by atoms with E-state index in [1.807, 2.05) is 63.2 Å². The fourth-order valence-electron chi connectivity index (χ4n) is 3.30. The van der Waals surface area contributed by atoms with Crippen molar-refractivity contribution < 1.29 is 13.2 Å². The average Bonchev–Trinajstić information content (AvgIpc) is 2.72. The molecule has 4 rings (SSSR count). The molecule has 158 valence electrons. The lowest BCUT2D eigenvalue weighted by atomic mass is 9.98. The van der Waals surface area contributed by atoms with Crippen LogP contribution in [-0.4, -0.2) is 20.5 Å². The van der Waals surface area contributed by atoms with E-state index in [0.29, 0.717) is 5.39 Å². The first-order valence-electron chi connectivity index (χ1n) is 9.78. The van der Waals surface area contributed by atoms with Crippen LogP contribution in [0.15, 0.2) is 67.0 Å². The molecule has 0 saturated carbocycles. The molecule has 0 spiro atoms. The van der Waals surface area contributed by atoms with Gasteiger partial charge in [-0.3, -0.25) is 4.98 Å². The van der Waals surface area contributed by atoms with Gasteiger partial charge in [-0.15, -0.1) is 0 Å². The monoisotopic (exact) mass is 422 g/mol. The van der Waals surface area contributed by atoms with Gasteiger partial charge in [-0.05, 0) is 61.7 Å². The van der Waals surface area contributed by atoms with Crippen LogP contribution in [-0.2, 0) is 6.18 Å². The Labute approximate surface area is 178 Å². The maximum atomic E-state index is 13.3. The lowest BCUT2D eigenvalue weighted by molar-refractivity contribution is -0.144. The van der Waals surface area contributed by atoms with Gasteiger partial charge < -0.3 is 5.32 Å². The second-order valence-corrected chi connectivity index (χ2v) is 8.32. The van der Waals surface area contributed by atoms with Crippen molar-refractivity contribution in [2.45, 2.75) is 32.5 Å². The van der Waals surface area contributed by atoms with E-state index < -0.39 is 17.5 Å². The van der Waals surface area contributed by atoms with E-state index in [9.17, 15) is 13.2 Å². The highest BCUT2D eigenvalue weighted by molar-refractivity contribution is 5.93. The minimum Gasteiger partial charge on any atom is -0.365 e. The summed E-state index contributed by atoms with van der Waals surface area (Å²) in [4.78, 5) is 11.7. The summed E-state index contributed by atoms with van der Waals surface area (Å²) in [5.41, 5.74) is 3.55. The van der Waals surface area contributed by atoms with E-state index in [-0.39, 0.29) is 11.3 Å². The van der Waals surface area contributed by atoms with Crippen LogP contribution < -0.4 is 5.32 Å². The largest absolute Gasteiger partial charge is 0.451 e. The number of fused-ring (bicyclic) bond motifs is 1. The molecule has 0 aliphatic heterocycles. The van der Waals surface area contributed by atoms with Crippen molar-refractivity contribution in [3.63, 3.8) is 0 Å². The van der Waals surface area contributed by atoms with E-state index >= 15 is 0 Å². The first-order chi connectivity index (χ1) is 14.6. The highest BCUT2D eigenvalue weighted by Gasteiger charge is 2.36. The Hall–Kier alpha value is -3.48. The van der Waals surface area contributed by atoms with Gasteiger partial charge in [-0.1, -0.05) is 30.3 Å². The van der Waals surface area contributed by atoms with Gasteiger partial charge in [0.05, 0.1) is 5.52 Å². The SMILES string of the molecule is CC(C)(C)Nc1nc(C(F)(F)F)nc2ccc(-c3cccc(-c4cccnc4)c3)cc12. The fraction of sp³-hybridized carbons (Fsp3) is 0.208. The number of nitrogens with one attached hydrogen (secondary N) is 1. The van der Waals surface area contributed by atoms with Gasteiger partial charge in [-0.25, -0.2) is 9.97 Å². The van der Waals surface area contributed by atoms with Crippen molar-refractivity contribution in [1.82, 2.24) is 15.0 Å². The normalized spacial score (nSPS) is 12.2. The van der Waals surface area contributed by atoms with Crippen LogP contribution in [0.1, 0.15) is 26.6 Å². The van der Waals surface area contributed by atoms with Crippen molar-refractivity contribution in [3.8, 4) is 22.3 Å². The minimum absolute atomic E-state index is 0.162. The Bertz CT molecular complexity index is 1230. The molecule has 2 aromatic heterocycles. The van der Waals surface area contributed by atoms with Gasteiger partial charge in [0.1, 0.15) is 5.82 Å². The Morgan fingerprint density at radius 3 is 2.10 bits per heavy atom. The standard InChI is InChI=1S/C24H21F3N4/c1-23(2,3)31-21-19-13-17(9-10-20(19)29-22(30-21)24(25,26)27)15-6-4-7-16(12-15)18-8-5-11-28-14-18/h4-14H,1-3H3,(H,29,30,31). The first-order valence-corrected chi connectivity index (χ1v) is 9.78. The number of benzene rings is 2. The van der Waals surface area contributed by atoms with Crippen molar-refractivity contribution in [3.05, 3.63) is 72.8 Å². The fourth-order valence-corrected chi connectivity index (χ4v) is 3.30. The number of halogens is 3. The Balaban J connectivity index is 1.85. The quantitative estimate of drug-likeness (QED) is 0.405. The zero-order chi connectivity index (χ0) is 22.2. The molecule has 4 aromatic rings. The van der Waals surface area contributed by atoms with Crippen molar-refractivity contribution in [2.24, 2.45) is 0 Å². The highest BCUT2D eigenvalue weighted by Crippen LogP contribution is 2.34. The third-order valence-corrected chi connectivity index (χ3v) is 4.63. The number of nitrogens with zero attached hydrogens (tertiary/aromatic N) is 3. The zero-order valence-electron chi connectivity index (χ0n) is 17.3. The summed E-state index contributed by atoms with van der Waals surface area (Å²) < 4.78 is 40.0. The van der Waals surface area contributed by atoms with Crippen LogP contribution in [0.25, 0.3) is 33.2 Å². The minimum atomic E-state index is -4.63. The van der Waals surface area contributed by atoms with Gasteiger partial charge in [0.15, 0.2) is 0 Å². The second kappa shape index (κ2) is 7.65. The third kappa shape index (κ3) is 4.66. The van der Waals surface area contributed by atoms with Gasteiger partial charge >= 0.3 is 6.18 Å². The number of rotatable bonds is 3. The molecule has 0 amide bonds. The summed E-state index contributed by atoms with van der Waals surface area (Å²) in [6, 6.07) is 17.0. The zero-order valence-corrected chi connectivity index (χ0v) is 17.3. The Kier molecular flexibility index (Phi) is 5.13.